The number of hydrogen-bond acceptors (Lipinski definition) is 3. The molecule has 0 saturated heterocycles. The summed E-state index contributed by atoms with van der Waals surface area (Å²) in [6, 6.07) is 14.3. The number of nitrogens with zero attached hydrogens (tertiary/aromatic N) is 1. The molecule has 0 aliphatic carbocycles. The number of halogens is 1. The van der Waals surface area contributed by atoms with Crippen LogP contribution in [0.4, 0.5) is 5.69 Å². The Morgan fingerprint density at radius 2 is 1.86 bits per heavy atom. The number of oxazole rings is 1. The molecule has 0 radical (unpaired) electrons. The summed E-state index contributed by atoms with van der Waals surface area (Å²) in [5, 5.41) is 2.75. The molecule has 0 atom stereocenters. The number of carbonyl (C=O) groups excluding carboxylic acids is 1. The Morgan fingerprint density at radius 1 is 1.14 bits per heavy atom. The van der Waals surface area contributed by atoms with Crippen LogP contribution in [0.3, 0.4) is 0 Å². The smallest absolute Gasteiger partial charge is 0.408 e. The molecule has 3 aromatic rings. The van der Waals surface area contributed by atoms with Crippen LogP contribution in [-0.2, 0) is 11.3 Å². The fourth-order valence-corrected chi connectivity index (χ4v) is 2.44. The zero-order chi connectivity index (χ0) is 14.8. The molecule has 5 nitrogen and oxygen atoms in total. The fourth-order valence-electron chi connectivity index (χ4n) is 2.06. The van der Waals surface area contributed by atoms with Gasteiger partial charge < -0.3 is 9.73 Å². The van der Waals surface area contributed by atoms with E-state index in [0.717, 1.165) is 4.47 Å². The van der Waals surface area contributed by atoms with E-state index in [1.807, 2.05) is 18.2 Å². The lowest BCUT2D eigenvalue weighted by molar-refractivity contribution is -0.116. The van der Waals surface area contributed by atoms with E-state index in [2.05, 4.69) is 21.2 Å². The van der Waals surface area contributed by atoms with Crippen LogP contribution in [0, 0.1) is 0 Å². The molecular formula is C15H11BrN2O3. The number of anilines is 1. The number of hydrogen-bond donors (Lipinski definition) is 1. The van der Waals surface area contributed by atoms with Crippen LogP contribution >= 0.6 is 15.9 Å². The number of nitrogens with one attached hydrogen (secondary N) is 1. The van der Waals surface area contributed by atoms with Crippen molar-refractivity contribution >= 4 is 38.6 Å². The van der Waals surface area contributed by atoms with Crippen LogP contribution < -0.4 is 11.1 Å². The molecule has 0 unspecified atom stereocenters. The van der Waals surface area contributed by atoms with Gasteiger partial charge in [-0.1, -0.05) is 24.3 Å². The van der Waals surface area contributed by atoms with Gasteiger partial charge in [0, 0.05) is 4.47 Å². The van der Waals surface area contributed by atoms with E-state index in [1.165, 1.54) is 4.57 Å². The molecule has 1 aromatic heterocycles. The SMILES string of the molecule is O=C(Cn1c(=O)oc2ccccc21)Nc1ccccc1Br. The Balaban J connectivity index is 1.86. The highest BCUT2D eigenvalue weighted by Gasteiger charge is 2.12. The van der Waals surface area contributed by atoms with E-state index < -0.39 is 5.76 Å². The number of amides is 1. The van der Waals surface area contributed by atoms with Gasteiger partial charge in [0.1, 0.15) is 6.54 Å². The summed E-state index contributed by atoms with van der Waals surface area (Å²) in [5.41, 5.74) is 1.73. The number of benzene rings is 2. The third-order valence-corrected chi connectivity index (χ3v) is 3.71. The fraction of sp³-hybridized carbons (Fsp3) is 0.0667. The molecule has 3 rings (SSSR count). The lowest BCUT2D eigenvalue weighted by atomic mass is 10.3. The molecule has 21 heavy (non-hydrogen) atoms. The summed E-state index contributed by atoms with van der Waals surface area (Å²) in [6.07, 6.45) is 0. The highest BCUT2D eigenvalue weighted by Crippen LogP contribution is 2.21. The van der Waals surface area contributed by atoms with Crippen molar-refractivity contribution in [3.05, 3.63) is 63.6 Å². The Labute approximate surface area is 128 Å². The lowest BCUT2D eigenvalue weighted by Gasteiger charge is -2.07. The molecule has 2 aromatic carbocycles. The maximum Gasteiger partial charge on any atom is 0.420 e. The zero-order valence-electron chi connectivity index (χ0n) is 10.9. The van der Waals surface area contributed by atoms with Gasteiger partial charge >= 0.3 is 5.76 Å². The van der Waals surface area contributed by atoms with Gasteiger partial charge in [-0.3, -0.25) is 9.36 Å². The van der Waals surface area contributed by atoms with E-state index in [4.69, 9.17) is 4.42 Å². The summed E-state index contributed by atoms with van der Waals surface area (Å²) in [7, 11) is 0. The molecular weight excluding hydrogens is 336 g/mol. The number of carbonyl (C=O) groups is 1. The van der Waals surface area contributed by atoms with E-state index >= 15 is 0 Å². The summed E-state index contributed by atoms with van der Waals surface area (Å²) in [6.45, 7) is -0.100. The van der Waals surface area contributed by atoms with Gasteiger partial charge in [-0.05, 0) is 40.2 Å². The van der Waals surface area contributed by atoms with Crippen LogP contribution in [0.15, 0.2) is 62.2 Å². The first kappa shape index (κ1) is 13.6. The molecule has 0 aliphatic heterocycles. The first-order valence-corrected chi connectivity index (χ1v) is 7.07. The molecule has 0 spiro atoms. The van der Waals surface area contributed by atoms with Gasteiger partial charge in [-0.25, -0.2) is 4.79 Å². The van der Waals surface area contributed by atoms with Gasteiger partial charge in [0.05, 0.1) is 11.2 Å². The molecule has 1 N–H and O–H groups in total. The predicted octanol–water partition coefficient (Wildman–Crippen LogP) is 3.00. The highest BCUT2D eigenvalue weighted by molar-refractivity contribution is 9.10. The Kier molecular flexibility index (Phi) is 3.62. The minimum Gasteiger partial charge on any atom is -0.408 e. The average molecular weight is 347 g/mol. The van der Waals surface area contributed by atoms with Crippen molar-refractivity contribution in [2.75, 3.05) is 5.32 Å². The Hall–Kier alpha value is -2.34. The van der Waals surface area contributed by atoms with Crippen LogP contribution in [-0.4, -0.2) is 10.5 Å². The summed E-state index contributed by atoms with van der Waals surface area (Å²) in [5.74, 6) is -0.839. The third-order valence-electron chi connectivity index (χ3n) is 3.02. The van der Waals surface area contributed by atoms with Crippen molar-refractivity contribution in [3.63, 3.8) is 0 Å². The van der Waals surface area contributed by atoms with Crippen molar-refractivity contribution in [1.82, 2.24) is 4.57 Å². The summed E-state index contributed by atoms with van der Waals surface area (Å²) < 4.78 is 7.18. The molecule has 106 valence electrons. The lowest BCUT2D eigenvalue weighted by Crippen LogP contribution is -2.24. The minimum absolute atomic E-state index is 0.100. The van der Waals surface area contributed by atoms with E-state index in [0.29, 0.717) is 16.8 Å². The third kappa shape index (κ3) is 2.75. The van der Waals surface area contributed by atoms with E-state index in [1.54, 1.807) is 30.3 Å². The zero-order valence-corrected chi connectivity index (χ0v) is 12.5. The molecule has 0 bridgehead atoms. The van der Waals surface area contributed by atoms with Crippen molar-refractivity contribution in [3.8, 4) is 0 Å². The van der Waals surface area contributed by atoms with Crippen molar-refractivity contribution in [2.45, 2.75) is 6.54 Å². The van der Waals surface area contributed by atoms with Gasteiger partial charge in [-0.2, -0.15) is 0 Å². The molecule has 0 fully saturated rings. The number of aromatic nitrogens is 1. The topological polar surface area (TPSA) is 64.2 Å². The molecule has 1 amide bonds. The second-order valence-corrected chi connectivity index (χ2v) is 5.30. The number of fused-ring (bicyclic) bond motifs is 1. The number of rotatable bonds is 3. The van der Waals surface area contributed by atoms with Crippen molar-refractivity contribution < 1.29 is 9.21 Å². The first-order valence-electron chi connectivity index (χ1n) is 6.28. The van der Waals surface area contributed by atoms with Gasteiger partial charge in [0.15, 0.2) is 5.58 Å². The molecule has 0 aliphatic rings. The maximum absolute atomic E-state index is 12.1. The van der Waals surface area contributed by atoms with Gasteiger partial charge in [-0.15, -0.1) is 0 Å². The van der Waals surface area contributed by atoms with E-state index in [-0.39, 0.29) is 12.5 Å². The second kappa shape index (κ2) is 5.57. The second-order valence-electron chi connectivity index (χ2n) is 4.45. The normalized spacial score (nSPS) is 10.7. The molecule has 1 heterocycles. The van der Waals surface area contributed by atoms with Crippen molar-refractivity contribution in [1.29, 1.82) is 0 Å². The molecule has 0 saturated carbocycles. The van der Waals surface area contributed by atoms with Gasteiger partial charge in [0.2, 0.25) is 5.91 Å². The quantitative estimate of drug-likeness (QED) is 0.792. The highest BCUT2D eigenvalue weighted by atomic mass is 79.9. The standard InChI is InChI=1S/C15H11BrN2O3/c16-10-5-1-2-6-11(10)17-14(19)9-18-12-7-3-4-8-13(12)21-15(18)20/h1-8H,9H2,(H,17,19). The first-order chi connectivity index (χ1) is 10.1. The summed E-state index contributed by atoms with van der Waals surface area (Å²) >= 11 is 3.36. The average Bonchev–Trinajstić information content (AvgIpc) is 2.78. The maximum atomic E-state index is 12.1. The van der Waals surface area contributed by atoms with Crippen molar-refractivity contribution in [2.24, 2.45) is 0 Å². The number of para-hydroxylation sites is 3. The molecule has 6 heteroatoms. The van der Waals surface area contributed by atoms with Crippen LogP contribution in [0.1, 0.15) is 0 Å². The minimum atomic E-state index is -0.543. The Morgan fingerprint density at radius 3 is 2.67 bits per heavy atom. The van der Waals surface area contributed by atoms with E-state index in [9.17, 15) is 9.59 Å². The van der Waals surface area contributed by atoms with Crippen LogP contribution in [0.25, 0.3) is 11.1 Å². The predicted molar refractivity (Wildman–Crippen MR) is 83.2 cm³/mol. The van der Waals surface area contributed by atoms with Crippen LogP contribution in [0.2, 0.25) is 0 Å². The summed E-state index contributed by atoms with van der Waals surface area (Å²) in [4.78, 5) is 23.9. The van der Waals surface area contributed by atoms with Gasteiger partial charge in [0.25, 0.3) is 0 Å². The largest absolute Gasteiger partial charge is 0.420 e. The van der Waals surface area contributed by atoms with Crippen LogP contribution in [0.5, 0.6) is 0 Å². The monoisotopic (exact) mass is 346 g/mol. The Bertz CT molecular complexity index is 866.